The molecular formula is C14H17N5O. The fourth-order valence-electron chi connectivity index (χ4n) is 1.94. The highest BCUT2D eigenvalue weighted by Gasteiger charge is 2.23. The van der Waals surface area contributed by atoms with E-state index in [1.807, 2.05) is 12.1 Å². The fourth-order valence-corrected chi connectivity index (χ4v) is 1.94. The lowest BCUT2D eigenvalue weighted by Gasteiger charge is -2.01. The van der Waals surface area contributed by atoms with Gasteiger partial charge in [0.05, 0.1) is 0 Å². The largest absolute Gasteiger partial charge is 0.352 e. The lowest BCUT2D eigenvalue weighted by molar-refractivity contribution is -0.122. The monoisotopic (exact) mass is 271 g/mol. The summed E-state index contributed by atoms with van der Waals surface area (Å²) >= 11 is 0. The summed E-state index contributed by atoms with van der Waals surface area (Å²) in [6.07, 6.45) is 3.15. The first-order chi connectivity index (χ1) is 9.74. The van der Waals surface area contributed by atoms with E-state index in [1.54, 1.807) is 0 Å². The molecule has 1 aliphatic rings. The van der Waals surface area contributed by atoms with Crippen molar-refractivity contribution in [2.24, 2.45) is 0 Å². The summed E-state index contributed by atoms with van der Waals surface area (Å²) in [5.41, 5.74) is 2.18. The smallest absolute Gasteiger partial charge is 0.243 e. The number of carbonyl (C=O) groups excluding carboxylic acids is 1. The number of carbonyl (C=O) groups is 1. The highest BCUT2D eigenvalue weighted by atomic mass is 16.2. The maximum atomic E-state index is 11.7. The molecule has 2 aromatic rings. The van der Waals surface area contributed by atoms with Crippen molar-refractivity contribution < 1.29 is 4.79 Å². The molecule has 0 spiro atoms. The van der Waals surface area contributed by atoms with Crippen molar-refractivity contribution in [1.29, 1.82) is 0 Å². The van der Waals surface area contributed by atoms with E-state index in [4.69, 9.17) is 0 Å². The van der Waals surface area contributed by atoms with Crippen LogP contribution >= 0.6 is 0 Å². The molecule has 6 heteroatoms. The molecule has 104 valence electrons. The number of nitrogens with one attached hydrogen (secondary N) is 1. The molecule has 0 aliphatic heterocycles. The van der Waals surface area contributed by atoms with Crippen molar-refractivity contribution in [2.45, 2.75) is 38.8 Å². The van der Waals surface area contributed by atoms with Crippen LogP contribution in [-0.4, -0.2) is 32.2 Å². The fraction of sp³-hybridized carbons (Fsp3) is 0.429. The first-order valence-corrected chi connectivity index (χ1v) is 6.91. The molecule has 1 amide bonds. The minimum Gasteiger partial charge on any atom is -0.352 e. The zero-order chi connectivity index (χ0) is 13.9. The topological polar surface area (TPSA) is 72.7 Å². The number of aryl methyl sites for hydroxylation is 1. The van der Waals surface area contributed by atoms with E-state index in [2.05, 4.69) is 39.8 Å². The van der Waals surface area contributed by atoms with Gasteiger partial charge in [-0.25, -0.2) is 0 Å². The zero-order valence-corrected chi connectivity index (χ0v) is 11.4. The Bertz CT molecular complexity index is 600. The predicted molar refractivity (Wildman–Crippen MR) is 73.8 cm³/mol. The van der Waals surface area contributed by atoms with Crippen LogP contribution < -0.4 is 5.32 Å². The number of hydrogen-bond acceptors (Lipinski definition) is 4. The predicted octanol–water partition coefficient (Wildman–Crippen LogP) is 1.18. The molecule has 0 bridgehead atoms. The van der Waals surface area contributed by atoms with Crippen molar-refractivity contribution in [2.75, 3.05) is 0 Å². The summed E-state index contributed by atoms with van der Waals surface area (Å²) in [6.45, 7) is 2.23. The van der Waals surface area contributed by atoms with Crippen LogP contribution in [-0.2, 0) is 17.8 Å². The number of benzene rings is 1. The van der Waals surface area contributed by atoms with Crippen molar-refractivity contribution in [3.05, 3.63) is 29.8 Å². The summed E-state index contributed by atoms with van der Waals surface area (Å²) < 4.78 is 0. The highest BCUT2D eigenvalue weighted by molar-refractivity contribution is 5.76. The SMILES string of the molecule is CCc1ccc(-c2nnn(CC(=O)NC3CC3)n2)cc1. The number of hydrogen-bond donors (Lipinski definition) is 1. The first-order valence-electron chi connectivity index (χ1n) is 6.91. The molecule has 6 nitrogen and oxygen atoms in total. The van der Waals surface area contributed by atoms with Gasteiger partial charge in [0.25, 0.3) is 0 Å². The number of aromatic nitrogens is 4. The van der Waals surface area contributed by atoms with Gasteiger partial charge < -0.3 is 5.32 Å². The molecule has 20 heavy (non-hydrogen) atoms. The van der Waals surface area contributed by atoms with Gasteiger partial charge in [-0.05, 0) is 30.0 Å². The Hall–Kier alpha value is -2.24. The van der Waals surface area contributed by atoms with Crippen molar-refractivity contribution in [3.8, 4) is 11.4 Å². The summed E-state index contributed by atoms with van der Waals surface area (Å²) in [4.78, 5) is 13.0. The van der Waals surface area contributed by atoms with Crippen LogP contribution in [0.4, 0.5) is 0 Å². The van der Waals surface area contributed by atoms with Gasteiger partial charge in [0.2, 0.25) is 11.7 Å². The zero-order valence-electron chi connectivity index (χ0n) is 11.4. The van der Waals surface area contributed by atoms with E-state index in [0.29, 0.717) is 11.9 Å². The van der Waals surface area contributed by atoms with Crippen LogP contribution in [0.2, 0.25) is 0 Å². The van der Waals surface area contributed by atoms with Gasteiger partial charge in [0.1, 0.15) is 6.54 Å². The van der Waals surface area contributed by atoms with Crippen LogP contribution in [0.25, 0.3) is 11.4 Å². The van der Waals surface area contributed by atoms with E-state index < -0.39 is 0 Å². The number of nitrogens with zero attached hydrogens (tertiary/aromatic N) is 4. The Morgan fingerprint density at radius 1 is 1.35 bits per heavy atom. The Labute approximate surface area is 117 Å². The van der Waals surface area contributed by atoms with Gasteiger partial charge in [-0.15, -0.1) is 10.2 Å². The molecule has 0 radical (unpaired) electrons. The minimum absolute atomic E-state index is 0.0576. The molecule has 1 saturated carbocycles. The second-order valence-corrected chi connectivity index (χ2v) is 5.04. The Morgan fingerprint density at radius 3 is 2.75 bits per heavy atom. The third kappa shape index (κ3) is 3.01. The van der Waals surface area contributed by atoms with Gasteiger partial charge in [0.15, 0.2) is 0 Å². The van der Waals surface area contributed by atoms with Crippen molar-refractivity contribution in [3.63, 3.8) is 0 Å². The number of tetrazole rings is 1. The van der Waals surface area contributed by atoms with E-state index >= 15 is 0 Å². The highest BCUT2D eigenvalue weighted by Crippen LogP contribution is 2.18. The average molecular weight is 271 g/mol. The first kappa shape index (κ1) is 12.8. The summed E-state index contributed by atoms with van der Waals surface area (Å²) in [5.74, 6) is 0.490. The second kappa shape index (κ2) is 5.40. The molecule has 1 aliphatic carbocycles. The maximum Gasteiger partial charge on any atom is 0.243 e. The summed E-state index contributed by atoms with van der Waals surface area (Å²) in [5, 5.41) is 15.0. The van der Waals surface area contributed by atoms with Crippen LogP contribution in [0.5, 0.6) is 0 Å². The van der Waals surface area contributed by atoms with Gasteiger partial charge in [0, 0.05) is 11.6 Å². The van der Waals surface area contributed by atoms with Crippen LogP contribution in [0, 0.1) is 0 Å². The molecule has 0 saturated heterocycles. The molecule has 3 rings (SSSR count). The van der Waals surface area contributed by atoms with Crippen LogP contribution in [0.3, 0.4) is 0 Å². The van der Waals surface area contributed by atoms with Crippen molar-refractivity contribution in [1.82, 2.24) is 25.5 Å². The van der Waals surface area contributed by atoms with Gasteiger partial charge >= 0.3 is 0 Å². The molecular weight excluding hydrogens is 254 g/mol. The quantitative estimate of drug-likeness (QED) is 0.886. The van der Waals surface area contributed by atoms with Crippen LogP contribution in [0.1, 0.15) is 25.3 Å². The van der Waals surface area contributed by atoms with Gasteiger partial charge in [-0.3, -0.25) is 4.79 Å². The standard InChI is InChI=1S/C14H17N5O/c1-2-10-3-5-11(6-4-10)14-16-18-19(17-14)9-13(20)15-12-7-8-12/h3-6,12H,2,7-9H2,1H3,(H,15,20). The lowest BCUT2D eigenvalue weighted by atomic mass is 10.1. The van der Waals surface area contributed by atoms with Gasteiger partial charge in [-0.2, -0.15) is 4.80 Å². The third-order valence-corrected chi connectivity index (χ3v) is 3.30. The lowest BCUT2D eigenvalue weighted by Crippen LogP contribution is -2.30. The number of amides is 1. The molecule has 1 N–H and O–H groups in total. The number of rotatable bonds is 5. The van der Waals surface area contributed by atoms with E-state index in [1.165, 1.54) is 10.4 Å². The Kier molecular flexibility index (Phi) is 3.45. The van der Waals surface area contributed by atoms with E-state index in [0.717, 1.165) is 24.8 Å². The molecule has 0 atom stereocenters. The maximum absolute atomic E-state index is 11.7. The molecule has 1 aromatic carbocycles. The second-order valence-electron chi connectivity index (χ2n) is 5.04. The van der Waals surface area contributed by atoms with Crippen LogP contribution in [0.15, 0.2) is 24.3 Å². The molecule has 1 aromatic heterocycles. The van der Waals surface area contributed by atoms with Gasteiger partial charge in [-0.1, -0.05) is 31.2 Å². The van der Waals surface area contributed by atoms with E-state index in [-0.39, 0.29) is 12.5 Å². The Balaban J connectivity index is 1.66. The molecule has 0 unspecified atom stereocenters. The molecule has 1 heterocycles. The van der Waals surface area contributed by atoms with Crippen molar-refractivity contribution >= 4 is 5.91 Å². The minimum atomic E-state index is -0.0576. The third-order valence-electron chi connectivity index (χ3n) is 3.30. The normalized spacial score (nSPS) is 14.2. The summed E-state index contributed by atoms with van der Waals surface area (Å²) in [6, 6.07) is 8.41. The van der Waals surface area contributed by atoms with E-state index in [9.17, 15) is 4.79 Å². The summed E-state index contributed by atoms with van der Waals surface area (Å²) in [7, 11) is 0. The molecule has 1 fully saturated rings. The average Bonchev–Trinajstić information content (AvgIpc) is 3.15. The Morgan fingerprint density at radius 2 is 2.10 bits per heavy atom.